The Morgan fingerprint density at radius 1 is 1.06 bits per heavy atom. The van der Waals surface area contributed by atoms with E-state index in [1.807, 2.05) is 19.0 Å². The van der Waals surface area contributed by atoms with Crippen LogP contribution in [0.15, 0.2) is 42.5 Å². The first-order chi connectivity index (χ1) is 16.0. The highest BCUT2D eigenvalue weighted by atomic mass is 35.5. The van der Waals surface area contributed by atoms with Gasteiger partial charge in [0.05, 0.1) is 15.7 Å². The number of ether oxygens (including phenoxy) is 1. The Labute approximate surface area is 204 Å². The van der Waals surface area contributed by atoms with Gasteiger partial charge in [0.15, 0.2) is 5.75 Å². The monoisotopic (exact) mass is 515 g/mol. The summed E-state index contributed by atoms with van der Waals surface area (Å²) in [5, 5.41) is 16.0. The maximum absolute atomic E-state index is 12.7. The fourth-order valence-electron chi connectivity index (χ4n) is 2.97. The van der Waals surface area contributed by atoms with Gasteiger partial charge in [-0.2, -0.15) is 4.98 Å². The summed E-state index contributed by atoms with van der Waals surface area (Å²) < 4.78 is 42.0. The molecule has 1 aromatic heterocycles. The number of aromatic nitrogens is 2. The number of nitrogens with zero attached hydrogens (tertiary/aromatic N) is 3. The van der Waals surface area contributed by atoms with E-state index in [2.05, 4.69) is 25.3 Å². The van der Waals surface area contributed by atoms with E-state index in [-0.39, 0.29) is 27.5 Å². The van der Waals surface area contributed by atoms with Crippen LogP contribution in [0, 0.1) is 0 Å². The van der Waals surface area contributed by atoms with Crippen molar-refractivity contribution >= 4 is 40.7 Å². The van der Waals surface area contributed by atoms with E-state index in [0.29, 0.717) is 29.3 Å². The predicted octanol–water partition coefficient (Wildman–Crippen LogP) is 6.16. The fourth-order valence-corrected chi connectivity index (χ4v) is 3.46. The molecule has 0 aliphatic rings. The Hall–Kier alpha value is -2.95. The van der Waals surface area contributed by atoms with E-state index < -0.39 is 6.36 Å². The molecular weight excluding hydrogens is 494 g/mol. The van der Waals surface area contributed by atoms with Gasteiger partial charge in [-0.05, 0) is 51.3 Å². The molecule has 0 aliphatic carbocycles. The highest BCUT2D eigenvalue weighted by Crippen LogP contribution is 2.36. The Morgan fingerprint density at radius 3 is 2.41 bits per heavy atom. The first-order valence-corrected chi connectivity index (χ1v) is 10.8. The molecule has 3 rings (SSSR count). The average Bonchev–Trinajstić information content (AvgIpc) is 2.74. The van der Waals surface area contributed by atoms with Crippen LogP contribution in [0.2, 0.25) is 10.0 Å². The predicted molar refractivity (Wildman–Crippen MR) is 127 cm³/mol. The van der Waals surface area contributed by atoms with Crippen LogP contribution in [0.1, 0.15) is 6.42 Å². The van der Waals surface area contributed by atoms with Gasteiger partial charge in [0, 0.05) is 23.9 Å². The second-order valence-corrected chi connectivity index (χ2v) is 8.35. The summed E-state index contributed by atoms with van der Waals surface area (Å²) >= 11 is 12.0. The molecule has 0 atom stereocenters. The molecule has 0 bridgehead atoms. The third-order valence-electron chi connectivity index (χ3n) is 4.44. The van der Waals surface area contributed by atoms with E-state index in [4.69, 9.17) is 23.2 Å². The largest absolute Gasteiger partial charge is 0.573 e. The number of benzene rings is 2. The maximum atomic E-state index is 12.7. The van der Waals surface area contributed by atoms with E-state index in [0.717, 1.165) is 13.0 Å². The number of hydrogen-bond acceptors (Lipinski definition) is 7. The highest BCUT2D eigenvalue weighted by Gasteiger charge is 2.31. The Kier molecular flexibility index (Phi) is 8.29. The number of anilines is 3. The second-order valence-electron chi connectivity index (χ2n) is 7.53. The first-order valence-electron chi connectivity index (χ1n) is 10.1. The van der Waals surface area contributed by atoms with Gasteiger partial charge in [0.2, 0.25) is 5.95 Å². The molecule has 34 heavy (non-hydrogen) atoms. The molecule has 3 aromatic rings. The molecule has 182 valence electrons. The topological polar surface area (TPSA) is 82.5 Å². The van der Waals surface area contributed by atoms with Gasteiger partial charge in [-0.1, -0.05) is 35.3 Å². The number of halogens is 5. The second kappa shape index (κ2) is 11.0. The minimum absolute atomic E-state index is 0.0447. The van der Waals surface area contributed by atoms with Crippen molar-refractivity contribution in [2.45, 2.75) is 12.8 Å². The Morgan fingerprint density at radius 2 is 1.76 bits per heavy atom. The molecule has 0 aliphatic heterocycles. The summed E-state index contributed by atoms with van der Waals surface area (Å²) in [5.41, 5.74) is 1.20. The standard InChI is InChI=1S/C22H22Cl2F3N5O2/c1-32(2)8-4-7-28-21-30-18(13-5-3-6-15(9-13)34-22(25,26)27)12-19(31-21)29-14-10-16(23)20(33)17(24)11-14/h3,5-6,9-12,33H,4,7-8H2,1-2H3,(H2,28,29,30,31). The molecule has 0 amide bonds. The maximum Gasteiger partial charge on any atom is 0.573 e. The summed E-state index contributed by atoms with van der Waals surface area (Å²) in [6.45, 7) is 1.42. The van der Waals surface area contributed by atoms with Gasteiger partial charge in [-0.25, -0.2) is 4.98 Å². The number of hydrogen-bond donors (Lipinski definition) is 3. The quantitative estimate of drug-likeness (QED) is 0.232. The SMILES string of the molecule is CN(C)CCCNc1nc(Nc2cc(Cl)c(O)c(Cl)c2)cc(-c2cccc(OC(F)(F)F)c2)n1. The van der Waals surface area contributed by atoms with Crippen molar-refractivity contribution in [2.24, 2.45) is 0 Å². The van der Waals surface area contributed by atoms with Crippen LogP contribution >= 0.6 is 23.2 Å². The fraction of sp³-hybridized carbons (Fsp3) is 0.273. The van der Waals surface area contributed by atoms with Gasteiger partial charge in [-0.15, -0.1) is 13.2 Å². The number of rotatable bonds is 9. The highest BCUT2D eigenvalue weighted by molar-refractivity contribution is 6.37. The van der Waals surface area contributed by atoms with Crippen molar-refractivity contribution in [3.8, 4) is 22.8 Å². The molecule has 0 fully saturated rings. The third-order valence-corrected chi connectivity index (χ3v) is 5.02. The van der Waals surface area contributed by atoms with Crippen LogP contribution < -0.4 is 15.4 Å². The molecule has 3 N–H and O–H groups in total. The summed E-state index contributed by atoms with van der Waals surface area (Å²) in [4.78, 5) is 10.9. The minimum atomic E-state index is -4.81. The molecular formula is C22H22Cl2F3N5O2. The van der Waals surface area contributed by atoms with Crippen molar-refractivity contribution in [3.63, 3.8) is 0 Å². The van der Waals surface area contributed by atoms with Gasteiger partial charge in [-0.3, -0.25) is 0 Å². The minimum Gasteiger partial charge on any atom is -0.505 e. The Balaban J connectivity index is 1.93. The van der Waals surface area contributed by atoms with Crippen molar-refractivity contribution in [2.75, 3.05) is 37.8 Å². The van der Waals surface area contributed by atoms with Crippen LogP contribution in [0.3, 0.4) is 0 Å². The number of aromatic hydroxyl groups is 1. The Bertz CT molecular complexity index is 1120. The summed E-state index contributed by atoms with van der Waals surface area (Å²) in [5.74, 6) is -0.00496. The lowest BCUT2D eigenvalue weighted by Gasteiger charge is -2.14. The van der Waals surface area contributed by atoms with Crippen molar-refractivity contribution in [1.82, 2.24) is 14.9 Å². The summed E-state index contributed by atoms with van der Waals surface area (Å²) in [6.07, 6.45) is -3.99. The molecule has 0 radical (unpaired) electrons. The van der Waals surface area contributed by atoms with Crippen LogP contribution in [0.4, 0.5) is 30.6 Å². The van der Waals surface area contributed by atoms with Crippen LogP contribution in [-0.2, 0) is 0 Å². The molecule has 2 aromatic carbocycles. The molecule has 0 saturated carbocycles. The van der Waals surface area contributed by atoms with E-state index in [9.17, 15) is 18.3 Å². The molecule has 12 heteroatoms. The van der Waals surface area contributed by atoms with Crippen LogP contribution in [-0.4, -0.2) is 53.5 Å². The van der Waals surface area contributed by atoms with Gasteiger partial charge in [0.1, 0.15) is 11.6 Å². The van der Waals surface area contributed by atoms with Gasteiger partial charge < -0.3 is 25.4 Å². The molecule has 0 saturated heterocycles. The number of phenols is 1. The molecule has 7 nitrogen and oxygen atoms in total. The zero-order valence-corrected chi connectivity index (χ0v) is 19.8. The zero-order chi connectivity index (χ0) is 24.9. The lowest BCUT2D eigenvalue weighted by atomic mass is 10.1. The molecule has 0 unspecified atom stereocenters. The lowest BCUT2D eigenvalue weighted by Crippen LogP contribution is -2.17. The van der Waals surface area contributed by atoms with Crippen molar-refractivity contribution in [1.29, 1.82) is 0 Å². The number of nitrogens with one attached hydrogen (secondary N) is 2. The zero-order valence-electron chi connectivity index (χ0n) is 18.2. The van der Waals surface area contributed by atoms with Crippen LogP contribution in [0.25, 0.3) is 11.3 Å². The normalized spacial score (nSPS) is 11.5. The van der Waals surface area contributed by atoms with Gasteiger partial charge in [0.25, 0.3) is 0 Å². The average molecular weight is 516 g/mol. The number of phenolic OH excluding ortho intramolecular Hbond substituents is 1. The van der Waals surface area contributed by atoms with Gasteiger partial charge >= 0.3 is 6.36 Å². The van der Waals surface area contributed by atoms with E-state index in [1.54, 1.807) is 12.1 Å². The van der Waals surface area contributed by atoms with Crippen molar-refractivity contribution < 1.29 is 23.0 Å². The first kappa shape index (κ1) is 25.7. The lowest BCUT2D eigenvalue weighted by molar-refractivity contribution is -0.274. The third kappa shape index (κ3) is 7.54. The van der Waals surface area contributed by atoms with E-state index in [1.165, 1.54) is 30.3 Å². The summed E-state index contributed by atoms with van der Waals surface area (Å²) in [7, 11) is 3.92. The number of alkyl halides is 3. The molecule has 1 heterocycles. The van der Waals surface area contributed by atoms with E-state index >= 15 is 0 Å². The van der Waals surface area contributed by atoms with Crippen LogP contribution in [0.5, 0.6) is 11.5 Å². The smallest absolute Gasteiger partial charge is 0.505 e. The van der Waals surface area contributed by atoms with Crippen molar-refractivity contribution in [3.05, 3.63) is 52.5 Å². The molecule has 0 spiro atoms. The summed E-state index contributed by atoms with van der Waals surface area (Å²) in [6, 6.07) is 9.99.